The molecule has 1 rings (SSSR count). The van der Waals surface area contributed by atoms with Gasteiger partial charge in [-0.15, -0.1) is 0 Å². The summed E-state index contributed by atoms with van der Waals surface area (Å²) >= 11 is 5.51. The second-order valence-electron chi connectivity index (χ2n) is 3.18. The van der Waals surface area contributed by atoms with Crippen LogP contribution in [0.3, 0.4) is 0 Å². The normalized spacial score (nSPS) is 13.5. The van der Waals surface area contributed by atoms with E-state index in [0.717, 1.165) is 12.1 Å². The summed E-state index contributed by atoms with van der Waals surface area (Å²) in [5.41, 5.74) is 8.49. The zero-order valence-electron chi connectivity index (χ0n) is 8.16. The van der Waals surface area contributed by atoms with Gasteiger partial charge < -0.3 is 11.5 Å². The molecule has 0 spiro atoms. The fraction of sp³-hybridized carbons (Fsp3) is 0.250. The Kier molecular flexibility index (Phi) is 3.48. The Labute approximate surface area is 98.3 Å². The van der Waals surface area contributed by atoms with E-state index in [2.05, 4.69) is 0 Å². The van der Waals surface area contributed by atoms with Crippen LogP contribution in [0.15, 0.2) is 12.1 Å². The summed E-state index contributed by atoms with van der Waals surface area (Å²) < 4.78 is 37.1. The van der Waals surface area contributed by atoms with Gasteiger partial charge in [-0.1, -0.05) is 17.7 Å². The van der Waals surface area contributed by atoms with Gasteiger partial charge in [-0.05, 0) is 6.07 Å². The topological polar surface area (TPSA) is 95.2 Å². The molecule has 0 aliphatic heterocycles. The van der Waals surface area contributed by atoms with Gasteiger partial charge >= 0.3 is 11.9 Å². The van der Waals surface area contributed by atoms with Crippen LogP contribution in [0.5, 0.6) is 0 Å². The number of rotatable bonds is 2. The SMILES string of the molecule is Nc1ccc([C@H](N)C(F)(F)F)c(Cl)c1[N+](=O)[O-]. The van der Waals surface area contributed by atoms with Crippen molar-refractivity contribution in [1.29, 1.82) is 0 Å². The monoisotopic (exact) mass is 269 g/mol. The number of benzene rings is 1. The highest BCUT2D eigenvalue weighted by Gasteiger charge is 2.40. The third-order valence-electron chi connectivity index (χ3n) is 2.05. The molecule has 0 amide bonds. The highest BCUT2D eigenvalue weighted by Crippen LogP contribution is 2.40. The fourth-order valence-corrected chi connectivity index (χ4v) is 1.56. The fourth-order valence-electron chi connectivity index (χ4n) is 1.20. The van der Waals surface area contributed by atoms with Gasteiger partial charge in [0, 0.05) is 5.56 Å². The summed E-state index contributed by atoms with van der Waals surface area (Å²) in [4.78, 5) is 9.63. The molecule has 0 aliphatic carbocycles. The van der Waals surface area contributed by atoms with E-state index in [1.54, 1.807) is 0 Å². The second kappa shape index (κ2) is 4.38. The minimum Gasteiger partial charge on any atom is -0.393 e. The number of hydrogen-bond acceptors (Lipinski definition) is 4. The van der Waals surface area contributed by atoms with Gasteiger partial charge in [0.2, 0.25) is 0 Å². The van der Waals surface area contributed by atoms with E-state index in [0.29, 0.717) is 0 Å². The summed E-state index contributed by atoms with van der Waals surface area (Å²) in [6.07, 6.45) is -4.74. The Morgan fingerprint density at radius 3 is 2.35 bits per heavy atom. The Morgan fingerprint density at radius 2 is 1.94 bits per heavy atom. The van der Waals surface area contributed by atoms with Crippen LogP contribution < -0.4 is 11.5 Å². The van der Waals surface area contributed by atoms with Crippen molar-refractivity contribution < 1.29 is 18.1 Å². The highest BCUT2D eigenvalue weighted by atomic mass is 35.5. The predicted octanol–water partition coefficient (Wildman–Crippen LogP) is 2.39. The third-order valence-corrected chi connectivity index (χ3v) is 2.44. The molecule has 0 unspecified atom stereocenters. The Balaban J connectivity index is 3.39. The molecule has 0 bridgehead atoms. The molecule has 5 nitrogen and oxygen atoms in total. The van der Waals surface area contributed by atoms with E-state index >= 15 is 0 Å². The van der Waals surface area contributed by atoms with E-state index < -0.39 is 33.4 Å². The average Bonchev–Trinajstić information content (AvgIpc) is 2.15. The smallest absolute Gasteiger partial charge is 0.393 e. The Bertz CT molecular complexity index is 464. The maximum absolute atomic E-state index is 12.4. The summed E-state index contributed by atoms with van der Waals surface area (Å²) in [6.45, 7) is 0. The average molecular weight is 270 g/mol. The van der Waals surface area contributed by atoms with E-state index in [9.17, 15) is 23.3 Å². The predicted molar refractivity (Wildman–Crippen MR) is 55.5 cm³/mol. The lowest BCUT2D eigenvalue weighted by Crippen LogP contribution is -2.28. The first-order chi connectivity index (χ1) is 7.66. The standard InChI is InChI=1S/C8H7ClF3N3O2/c9-5-3(7(14)8(10,11)12)1-2-4(13)6(5)15(16)17/h1-2,7H,13-14H2/t7-/m0/s1. The molecule has 94 valence electrons. The van der Waals surface area contributed by atoms with Gasteiger partial charge in [-0.2, -0.15) is 13.2 Å². The van der Waals surface area contributed by atoms with Crippen LogP contribution >= 0.6 is 11.6 Å². The first kappa shape index (κ1) is 13.5. The van der Waals surface area contributed by atoms with Gasteiger partial charge in [0.25, 0.3) is 0 Å². The largest absolute Gasteiger partial charge is 0.407 e. The molecule has 1 aromatic rings. The maximum Gasteiger partial charge on any atom is 0.407 e. The van der Waals surface area contributed by atoms with Crippen LogP contribution in [0.4, 0.5) is 24.5 Å². The van der Waals surface area contributed by atoms with Crippen molar-refractivity contribution in [2.75, 3.05) is 5.73 Å². The van der Waals surface area contributed by atoms with Crippen LogP contribution in [-0.4, -0.2) is 11.1 Å². The Morgan fingerprint density at radius 1 is 1.41 bits per heavy atom. The number of nitro groups is 1. The first-order valence-corrected chi connectivity index (χ1v) is 4.58. The number of hydrogen-bond donors (Lipinski definition) is 2. The maximum atomic E-state index is 12.4. The van der Waals surface area contributed by atoms with Gasteiger partial charge in [-0.25, -0.2) is 0 Å². The van der Waals surface area contributed by atoms with Crippen LogP contribution in [0, 0.1) is 10.1 Å². The summed E-state index contributed by atoms with van der Waals surface area (Å²) in [7, 11) is 0. The summed E-state index contributed by atoms with van der Waals surface area (Å²) in [6, 6.07) is -0.511. The van der Waals surface area contributed by atoms with E-state index in [1.807, 2.05) is 0 Å². The zero-order valence-corrected chi connectivity index (χ0v) is 8.92. The van der Waals surface area contributed by atoms with E-state index in [1.165, 1.54) is 0 Å². The Hall–Kier alpha value is -1.54. The van der Waals surface area contributed by atoms with Crippen molar-refractivity contribution in [2.24, 2.45) is 5.73 Å². The molecule has 4 N–H and O–H groups in total. The number of anilines is 1. The lowest BCUT2D eigenvalue weighted by atomic mass is 10.1. The van der Waals surface area contributed by atoms with Crippen LogP contribution in [0.25, 0.3) is 0 Å². The molecule has 1 atom stereocenters. The van der Waals surface area contributed by atoms with Crippen molar-refractivity contribution >= 4 is 23.0 Å². The van der Waals surface area contributed by atoms with Crippen LogP contribution in [0.1, 0.15) is 11.6 Å². The number of alkyl halides is 3. The van der Waals surface area contributed by atoms with Crippen molar-refractivity contribution in [1.82, 2.24) is 0 Å². The van der Waals surface area contributed by atoms with Crippen molar-refractivity contribution in [3.8, 4) is 0 Å². The molecule has 9 heteroatoms. The van der Waals surface area contributed by atoms with Crippen molar-refractivity contribution in [3.63, 3.8) is 0 Å². The molecule has 1 aromatic carbocycles. The van der Waals surface area contributed by atoms with Gasteiger partial charge in [-0.3, -0.25) is 10.1 Å². The minimum absolute atomic E-state index is 0.321. The minimum atomic E-state index is -4.74. The molecular formula is C8H7ClF3N3O2. The molecule has 0 heterocycles. The van der Waals surface area contributed by atoms with Gasteiger partial charge in [0.1, 0.15) is 16.8 Å². The quantitative estimate of drug-likeness (QED) is 0.489. The number of nitrogen functional groups attached to an aromatic ring is 1. The van der Waals surface area contributed by atoms with Crippen molar-refractivity contribution in [2.45, 2.75) is 12.2 Å². The molecule has 0 radical (unpaired) electrons. The van der Waals surface area contributed by atoms with E-state index in [4.69, 9.17) is 23.1 Å². The molecule has 0 saturated heterocycles. The molecule has 0 aliphatic rings. The molecule has 0 saturated carbocycles. The van der Waals surface area contributed by atoms with Crippen LogP contribution in [-0.2, 0) is 0 Å². The molecule has 17 heavy (non-hydrogen) atoms. The van der Waals surface area contributed by atoms with Gasteiger partial charge in [0.05, 0.1) is 4.92 Å². The highest BCUT2D eigenvalue weighted by molar-refractivity contribution is 6.34. The lowest BCUT2D eigenvalue weighted by Gasteiger charge is -2.17. The number of halogens is 4. The first-order valence-electron chi connectivity index (χ1n) is 4.20. The van der Waals surface area contributed by atoms with Crippen molar-refractivity contribution in [3.05, 3.63) is 32.8 Å². The van der Waals surface area contributed by atoms with Gasteiger partial charge in [0.15, 0.2) is 0 Å². The molecule has 0 aromatic heterocycles. The number of nitrogens with zero attached hydrogens (tertiary/aromatic N) is 1. The zero-order chi connectivity index (χ0) is 13.4. The molecule has 0 fully saturated rings. The lowest BCUT2D eigenvalue weighted by molar-refractivity contribution is -0.383. The third kappa shape index (κ3) is 2.59. The summed E-state index contributed by atoms with van der Waals surface area (Å²) in [5.74, 6) is 0. The second-order valence-corrected chi connectivity index (χ2v) is 3.56. The number of nitro benzene ring substituents is 1. The van der Waals surface area contributed by atoms with E-state index in [-0.39, 0.29) is 5.69 Å². The number of nitrogens with two attached hydrogens (primary N) is 2. The van der Waals surface area contributed by atoms with Crippen LogP contribution in [0.2, 0.25) is 5.02 Å². The summed E-state index contributed by atoms with van der Waals surface area (Å²) in [5, 5.41) is 9.89. The molecular weight excluding hydrogens is 263 g/mol.